The molecule has 1 N–H and O–H groups in total. The molecule has 0 fully saturated rings. The van der Waals surface area contributed by atoms with Gasteiger partial charge in [-0.2, -0.15) is 0 Å². The maximum atomic E-state index is 11.0. The van der Waals surface area contributed by atoms with Gasteiger partial charge in [0.1, 0.15) is 11.5 Å². The van der Waals surface area contributed by atoms with Gasteiger partial charge in [0, 0.05) is 6.20 Å². The number of aromatic nitrogens is 1. The number of carboxylic acid groups (broad SMARTS) is 1. The highest BCUT2D eigenvalue weighted by Gasteiger charge is 2.13. The molecule has 0 aliphatic heterocycles. The molecule has 0 amide bonds. The number of hydrogen-bond donors (Lipinski definition) is 1. The van der Waals surface area contributed by atoms with Crippen LogP contribution >= 0.6 is 0 Å². The average Bonchev–Trinajstić information content (AvgIpc) is 2.76. The van der Waals surface area contributed by atoms with Crippen LogP contribution in [-0.2, 0) is 6.54 Å². The third kappa shape index (κ3) is 1.79. The highest BCUT2D eigenvalue weighted by molar-refractivity contribution is 5.87. The van der Waals surface area contributed by atoms with Crippen molar-refractivity contribution in [3.8, 4) is 0 Å². The first-order chi connectivity index (χ1) is 7.18. The Balaban J connectivity index is 2.33. The number of furan rings is 1. The van der Waals surface area contributed by atoms with E-state index in [0.29, 0.717) is 12.2 Å². The van der Waals surface area contributed by atoms with Crippen molar-refractivity contribution in [3.63, 3.8) is 0 Å². The first kappa shape index (κ1) is 9.58. The van der Waals surface area contributed by atoms with E-state index in [0.717, 1.165) is 11.3 Å². The minimum atomic E-state index is -0.913. The Morgan fingerprint density at radius 2 is 2.33 bits per heavy atom. The van der Waals surface area contributed by atoms with Crippen LogP contribution in [0.4, 0.5) is 0 Å². The topological polar surface area (TPSA) is 55.4 Å². The van der Waals surface area contributed by atoms with Gasteiger partial charge in [-0.25, -0.2) is 4.79 Å². The Kier molecular flexibility index (Phi) is 2.33. The van der Waals surface area contributed by atoms with Crippen molar-refractivity contribution in [3.05, 3.63) is 47.7 Å². The molecule has 0 spiro atoms. The van der Waals surface area contributed by atoms with Crippen molar-refractivity contribution >= 4 is 5.97 Å². The SMILES string of the molecule is Cc1ccn(Cc2ccco2)c1C(=O)O. The summed E-state index contributed by atoms with van der Waals surface area (Å²) in [7, 11) is 0. The van der Waals surface area contributed by atoms with Crippen molar-refractivity contribution in [2.45, 2.75) is 13.5 Å². The summed E-state index contributed by atoms with van der Waals surface area (Å²) in [4.78, 5) is 11.0. The molecule has 0 saturated carbocycles. The van der Waals surface area contributed by atoms with E-state index < -0.39 is 5.97 Å². The molecule has 0 saturated heterocycles. The zero-order chi connectivity index (χ0) is 10.8. The average molecular weight is 205 g/mol. The highest BCUT2D eigenvalue weighted by atomic mass is 16.4. The molecule has 4 heteroatoms. The Bertz CT molecular complexity index is 468. The second kappa shape index (κ2) is 3.65. The van der Waals surface area contributed by atoms with Crippen molar-refractivity contribution in [2.24, 2.45) is 0 Å². The Labute approximate surface area is 86.8 Å². The van der Waals surface area contributed by atoms with Crippen LogP contribution in [0, 0.1) is 6.92 Å². The molecule has 0 aliphatic rings. The first-order valence-electron chi connectivity index (χ1n) is 4.60. The summed E-state index contributed by atoms with van der Waals surface area (Å²) in [5, 5.41) is 9.01. The summed E-state index contributed by atoms with van der Waals surface area (Å²) < 4.78 is 6.83. The summed E-state index contributed by atoms with van der Waals surface area (Å²) in [6.07, 6.45) is 3.33. The predicted octanol–water partition coefficient (Wildman–Crippen LogP) is 2.14. The van der Waals surface area contributed by atoms with Gasteiger partial charge in [-0.15, -0.1) is 0 Å². The molecule has 4 nitrogen and oxygen atoms in total. The lowest BCUT2D eigenvalue weighted by molar-refractivity contribution is 0.0684. The van der Waals surface area contributed by atoms with Gasteiger partial charge in [-0.3, -0.25) is 0 Å². The van der Waals surface area contributed by atoms with Crippen LogP contribution in [0.5, 0.6) is 0 Å². The Morgan fingerprint density at radius 3 is 2.93 bits per heavy atom. The monoisotopic (exact) mass is 205 g/mol. The van der Waals surface area contributed by atoms with Crippen LogP contribution in [0.2, 0.25) is 0 Å². The number of aryl methyl sites for hydroxylation is 1. The van der Waals surface area contributed by atoms with Crippen molar-refractivity contribution < 1.29 is 14.3 Å². The van der Waals surface area contributed by atoms with E-state index in [1.165, 1.54) is 0 Å². The number of carbonyl (C=O) groups is 1. The van der Waals surface area contributed by atoms with E-state index in [1.54, 1.807) is 36.1 Å². The Morgan fingerprint density at radius 1 is 1.53 bits per heavy atom. The molecule has 2 heterocycles. The van der Waals surface area contributed by atoms with Crippen LogP contribution < -0.4 is 0 Å². The van der Waals surface area contributed by atoms with Crippen molar-refractivity contribution in [1.29, 1.82) is 0 Å². The standard InChI is InChI=1S/C11H11NO3/c1-8-4-5-12(10(8)11(13)14)7-9-3-2-6-15-9/h2-6H,7H2,1H3,(H,13,14). The second-order valence-corrected chi connectivity index (χ2v) is 3.36. The molecule has 0 atom stereocenters. The fraction of sp³-hybridized carbons (Fsp3) is 0.182. The molecule has 0 aromatic carbocycles. The summed E-state index contributed by atoms with van der Waals surface area (Å²) in [6.45, 7) is 2.23. The zero-order valence-electron chi connectivity index (χ0n) is 8.30. The van der Waals surface area contributed by atoms with Crippen LogP contribution in [0.15, 0.2) is 35.1 Å². The van der Waals surface area contributed by atoms with E-state index in [4.69, 9.17) is 9.52 Å². The third-order valence-corrected chi connectivity index (χ3v) is 2.27. The predicted molar refractivity (Wildman–Crippen MR) is 53.9 cm³/mol. The van der Waals surface area contributed by atoms with Gasteiger partial charge < -0.3 is 14.1 Å². The number of rotatable bonds is 3. The molecule has 2 aromatic heterocycles. The minimum Gasteiger partial charge on any atom is -0.477 e. The van der Waals surface area contributed by atoms with Gasteiger partial charge in [-0.05, 0) is 30.7 Å². The summed E-state index contributed by atoms with van der Waals surface area (Å²) in [5.41, 5.74) is 1.07. The lowest BCUT2D eigenvalue weighted by Gasteiger charge is -2.04. The molecule has 0 radical (unpaired) electrons. The maximum absolute atomic E-state index is 11.0. The van der Waals surface area contributed by atoms with Gasteiger partial charge in [0.15, 0.2) is 0 Å². The smallest absolute Gasteiger partial charge is 0.352 e. The largest absolute Gasteiger partial charge is 0.477 e. The van der Waals surface area contributed by atoms with Crippen molar-refractivity contribution in [2.75, 3.05) is 0 Å². The van der Waals surface area contributed by atoms with Crippen molar-refractivity contribution in [1.82, 2.24) is 4.57 Å². The lowest BCUT2D eigenvalue weighted by Crippen LogP contribution is -2.09. The molecular formula is C11H11NO3. The van der Waals surface area contributed by atoms with Crippen LogP contribution in [-0.4, -0.2) is 15.6 Å². The minimum absolute atomic E-state index is 0.311. The van der Waals surface area contributed by atoms with Gasteiger partial charge in [-0.1, -0.05) is 0 Å². The van der Waals surface area contributed by atoms with Gasteiger partial charge in [0.05, 0.1) is 12.8 Å². The molecule has 2 aromatic rings. The summed E-state index contributed by atoms with van der Waals surface area (Å²) >= 11 is 0. The zero-order valence-corrected chi connectivity index (χ0v) is 8.30. The molecule has 2 rings (SSSR count). The van der Waals surface area contributed by atoms with E-state index in [1.807, 2.05) is 6.07 Å². The lowest BCUT2D eigenvalue weighted by atomic mass is 10.3. The maximum Gasteiger partial charge on any atom is 0.352 e. The molecule has 0 unspecified atom stereocenters. The second-order valence-electron chi connectivity index (χ2n) is 3.36. The fourth-order valence-corrected chi connectivity index (χ4v) is 1.58. The van der Waals surface area contributed by atoms with E-state index >= 15 is 0 Å². The highest BCUT2D eigenvalue weighted by Crippen LogP contribution is 2.12. The van der Waals surface area contributed by atoms with Gasteiger partial charge >= 0.3 is 5.97 Å². The van der Waals surface area contributed by atoms with E-state index in [9.17, 15) is 4.79 Å². The van der Waals surface area contributed by atoms with Gasteiger partial charge in [0.25, 0.3) is 0 Å². The fourth-order valence-electron chi connectivity index (χ4n) is 1.58. The quantitative estimate of drug-likeness (QED) is 0.835. The normalized spacial score (nSPS) is 10.5. The number of aromatic carboxylic acids is 1. The molecule has 15 heavy (non-hydrogen) atoms. The third-order valence-electron chi connectivity index (χ3n) is 2.27. The number of nitrogens with zero attached hydrogens (tertiary/aromatic N) is 1. The van der Waals surface area contributed by atoms with Gasteiger partial charge in [0.2, 0.25) is 0 Å². The van der Waals surface area contributed by atoms with E-state index in [-0.39, 0.29) is 0 Å². The summed E-state index contributed by atoms with van der Waals surface area (Å²) in [5.74, 6) is -0.169. The summed E-state index contributed by atoms with van der Waals surface area (Å²) in [6, 6.07) is 5.39. The molecule has 0 bridgehead atoms. The van der Waals surface area contributed by atoms with Crippen LogP contribution in [0.3, 0.4) is 0 Å². The number of hydrogen-bond acceptors (Lipinski definition) is 2. The number of carboxylic acids is 1. The molecule has 78 valence electrons. The van der Waals surface area contributed by atoms with Crippen LogP contribution in [0.1, 0.15) is 21.8 Å². The first-order valence-corrected chi connectivity index (χ1v) is 4.60. The molecule has 0 aliphatic carbocycles. The molecular weight excluding hydrogens is 194 g/mol. The Hall–Kier alpha value is -1.97. The van der Waals surface area contributed by atoms with Crippen LogP contribution in [0.25, 0.3) is 0 Å². The van der Waals surface area contributed by atoms with E-state index in [2.05, 4.69) is 0 Å².